The lowest BCUT2D eigenvalue weighted by molar-refractivity contribution is -0.157. The number of hydrogen-bond donors (Lipinski definition) is 1. The Balaban J connectivity index is 1.17. The number of aromatic nitrogens is 1. The highest BCUT2D eigenvalue weighted by Crippen LogP contribution is 2.48. The van der Waals surface area contributed by atoms with Crippen molar-refractivity contribution >= 4 is 28.9 Å². The Bertz CT molecular complexity index is 2160. The number of ether oxygens (including phenoxy) is 5. The molecule has 11 nitrogen and oxygen atoms in total. The first kappa shape index (κ1) is 34.1. The van der Waals surface area contributed by atoms with Crippen LogP contribution >= 0.6 is 0 Å². The van der Waals surface area contributed by atoms with Gasteiger partial charge in [-0.2, -0.15) is 0 Å². The average Bonchev–Trinajstić information content (AvgIpc) is 3.93. The number of para-hydroxylation sites is 1. The molecule has 4 aromatic carbocycles. The van der Waals surface area contributed by atoms with E-state index >= 15 is 4.79 Å². The summed E-state index contributed by atoms with van der Waals surface area (Å²) in [4.78, 5) is 49.5. The van der Waals surface area contributed by atoms with Crippen LogP contribution in [0.15, 0.2) is 84.9 Å². The molecule has 1 aliphatic carbocycles. The molecule has 0 bridgehead atoms. The van der Waals surface area contributed by atoms with Crippen LogP contribution in [0.5, 0.6) is 17.2 Å². The Kier molecular flexibility index (Phi) is 8.93. The molecule has 1 saturated heterocycles. The van der Waals surface area contributed by atoms with Crippen molar-refractivity contribution in [3.8, 4) is 28.4 Å². The summed E-state index contributed by atoms with van der Waals surface area (Å²) in [5, 5.41) is 0.946. The summed E-state index contributed by atoms with van der Waals surface area (Å²) < 4.78 is 28.5. The van der Waals surface area contributed by atoms with Gasteiger partial charge in [0.05, 0.1) is 34.5 Å². The summed E-state index contributed by atoms with van der Waals surface area (Å²) in [6, 6.07) is 25.1. The van der Waals surface area contributed by atoms with Crippen LogP contribution in [0, 0.1) is 0 Å². The molecular formula is C42H41N3O8. The van der Waals surface area contributed by atoms with Crippen LogP contribution in [-0.2, 0) is 25.5 Å². The molecule has 8 rings (SSSR count). The SMILES string of the molecule is COC(=O)[C@@H]1Cc2c([nH]c3ccccc23)[C@H](c2cc(OC)c(OC)c(OC)c2)N1C(=O)[C@@H]1CCCN1C(=O)OCC1c2ccccc2-c2ccccc21. The molecule has 5 aromatic rings. The summed E-state index contributed by atoms with van der Waals surface area (Å²) in [6.07, 6.45) is 0.666. The van der Waals surface area contributed by atoms with Gasteiger partial charge in [-0.25, -0.2) is 9.59 Å². The molecule has 0 saturated carbocycles. The fourth-order valence-corrected chi connectivity index (χ4v) is 8.58. The fourth-order valence-electron chi connectivity index (χ4n) is 8.58. The second-order valence-electron chi connectivity index (χ2n) is 13.6. The predicted octanol–water partition coefficient (Wildman–Crippen LogP) is 6.62. The van der Waals surface area contributed by atoms with Crippen LogP contribution < -0.4 is 14.2 Å². The van der Waals surface area contributed by atoms with E-state index < -0.39 is 30.2 Å². The lowest BCUT2D eigenvalue weighted by Gasteiger charge is -2.43. The Morgan fingerprint density at radius 1 is 0.792 bits per heavy atom. The zero-order chi connectivity index (χ0) is 36.8. The molecular weight excluding hydrogens is 674 g/mol. The molecule has 11 heteroatoms. The Morgan fingerprint density at radius 3 is 2.08 bits per heavy atom. The second-order valence-corrected chi connectivity index (χ2v) is 13.6. The predicted molar refractivity (Wildman–Crippen MR) is 197 cm³/mol. The number of likely N-dealkylation sites (tertiary alicyclic amines) is 1. The highest BCUT2D eigenvalue weighted by Gasteiger charge is 2.49. The summed E-state index contributed by atoms with van der Waals surface area (Å²) >= 11 is 0. The highest BCUT2D eigenvalue weighted by atomic mass is 16.6. The van der Waals surface area contributed by atoms with Crippen molar-refractivity contribution in [2.75, 3.05) is 41.6 Å². The molecule has 0 spiro atoms. The lowest BCUT2D eigenvalue weighted by Crippen LogP contribution is -2.57. The molecule has 0 unspecified atom stereocenters. The van der Waals surface area contributed by atoms with Gasteiger partial charge in [0.15, 0.2) is 11.5 Å². The van der Waals surface area contributed by atoms with E-state index in [9.17, 15) is 9.59 Å². The summed E-state index contributed by atoms with van der Waals surface area (Å²) in [7, 11) is 5.91. The average molecular weight is 716 g/mol. The number of benzene rings is 4. The number of methoxy groups -OCH3 is 4. The van der Waals surface area contributed by atoms with Gasteiger partial charge < -0.3 is 33.6 Å². The van der Waals surface area contributed by atoms with Crippen molar-refractivity contribution in [2.24, 2.45) is 0 Å². The van der Waals surface area contributed by atoms with Crippen LogP contribution in [0.1, 0.15) is 52.7 Å². The van der Waals surface area contributed by atoms with E-state index in [-0.39, 0.29) is 24.9 Å². The van der Waals surface area contributed by atoms with Gasteiger partial charge in [-0.1, -0.05) is 66.7 Å². The van der Waals surface area contributed by atoms with Gasteiger partial charge in [0.1, 0.15) is 18.7 Å². The van der Waals surface area contributed by atoms with Crippen LogP contribution in [0.2, 0.25) is 0 Å². The Labute approximate surface area is 307 Å². The summed E-state index contributed by atoms with van der Waals surface area (Å²) in [5.74, 6) is 0.123. The maximum atomic E-state index is 15.1. The van der Waals surface area contributed by atoms with E-state index in [1.807, 2.05) is 48.5 Å². The number of carbonyl (C=O) groups excluding carboxylic acids is 3. The van der Waals surface area contributed by atoms with Crippen molar-refractivity contribution in [2.45, 2.75) is 43.3 Å². The van der Waals surface area contributed by atoms with Gasteiger partial charge in [-0.3, -0.25) is 9.69 Å². The normalized spacial score (nSPS) is 19.0. The minimum atomic E-state index is -0.992. The van der Waals surface area contributed by atoms with Gasteiger partial charge in [-0.05, 0) is 64.4 Å². The molecule has 1 aromatic heterocycles. The maximum Gasteiger partial charge on any atom is 0.410 e. The molecule has 2 amide bonds. The van der Waals surface area contributed by atoms with Crippen molar-refractivity contribution in [3.63, 3.8) is 0 Å². The first-order chi connectivity index (χ1) is 25.9. The summed E-state index contributed by atoms with van der Waals surface area (Å²) in [6.45, 7) is 0.474. The minimum absolute atomic E-state index is 0.126. The minimum Gasteiger partial charge on any atom is -0.493 e. The standard InChI is InChI=1S/C42H41N3O8/c1-49-35-20-24(21-36(50-2)39(35)51-3)38-37-30(29-16-9-10-17-32(29)43-37)22-34(41(47)52-4)45(38)40(46)33-18-11-19-44(33)42(48)53-23-31-27-14-7-5-12-25(27)26-13-6-8-15-28(26)31/h5-10,12-17,20-21,31,33-34,38,43H,11,18-19,22-23H2,1-4H3/t33-,34-,38-/m0/s1. The third-order valence-electron chi connectivity index (χ3n) is 11.0. The van der Waals surface area contributed by atoms with Crippen LogP contribution in [-0.4, -0.2) is 86.4 Å². The van der Waals surface area contributed by atoms with Gasteiger partial charge in [0, 0.05) is 35.5 Å². The van der Waals surface area contributed by atoms with Crippen molar-refractivity contribution in [3.05, 3.63) is 113 Å². The van der Waals surface area contributed by atoms with E-state index in [1.165, 1.54) is 33.3 Å². The molecule has 272 valence electrons. The number of amides is 2. The number of nitrogens with one attached hydrogen (secondary N) is 1. The Hall–Kier alpha value is -5.97. The summed E-state index contributed by atoms with van der Waals surface area (Å²) in [5.41, 5.74) is 7.62. The van der Waals surface area contributed by atoms with E-state index in [4.69, 9.17) is 23.7 Å². The number of fused-ring (bicyclic) bond motifs is 6. The van der Waals surface area contributed by atoms with E-state index in [1.54, 1.807) is 17.0 Å². The maximum absolute atomic E-state index is 15.1. The van der Waals surface area contributed by atoms with Gasteiger partial charge in [-0.15, -0.1) is 0 Å². The van der Waals surface area contributed by atoms with Gasteiger partial charge in [0.25, 0.3) is 0 Å². The Morgan fingerprint density at radius 2 is 1.43 bits per heavy atom. The largest absolute Gasteiger partial charge is 0.493 e. The fraction of sp³-hybridized carbons (Fsp3) is 0.310. The molecule has 3 aliphatic rings. The molecule has 53 heavy (non-hydrogen) atoms. The molecule has 2 aliphatic heterocycles. The van der Waals surface area contributed by atoms with Gasteiger partial charge >= 0.3 is 12.1 Å². The van der Waals surface area contributed by atoms with Crippen LogP contribution in [0.25, 0.3) is 22.0 Å². The molecule has 3 atom stereocenters. The zero-order valence-electron chi connectivity index (χ0n) is 30.1. The molecule has 1 N–H and O–H groups in total. The van der Waals surface area contributed by atoms with Crippen molar-refractivity contribution in [1.82, 2.24) is 14.8 Å². The first-order valence-corrected chi connectivity index (χ1v) is 17.8. The lowest BCUT2D eigenvalue weighted by atomic mass is 9.87. The molecule has 0 radical (unpaired) electrons. The van der Waals surface area contributed by atoms with Crippen LogP contribution in [0.3, 0.4) is 0 Å². The quantitative estimate of drug-likeness (QED) is 0.178. The number of H-pyrrole nitrogens is 1. The third kappa shape index (κ3) is 5.62. The van der Waals surface area contributed by atoms with Crippen LogP contribution in [0.4, 0.5) is 4.79 Å². The van der Waals surface area contributed by atoms with Crippen molar-refractivity contribution < 1.29 is 38.1 Å². The highest BCUT2D eigenvalue weighted by molar-refractivity contribution is 5.94. The van der Waals surface area contributed by atoms with Crippen molar-refractivity contribution in [1.29, 1.82) is 0 Å². The second kappa shape index (κ2) is 13.9. The number of esters is 1. The number of nitrogens with zero attached hydrogens (tertiary/aromatic N) is 2. The zero-order valence-corrected chi connectivity index (χ0v) is 30.1. The topological polar surface area (TPSA) is 120 Å². The monoisotopic (exact) mass is 715 g/mol. The number of rotatable bonds is 8. The smallest absolute Gasteiger partial charge is 0.410 e. The molecule has 3 heterocycles. The third-order valence-corrected chi connectivity index (χ3v) is 11.0. The number of hydrogen-bond acceptors (Lipinski definition) is 8. The number of aromatic amines is 1. The van der Waals surface area contributed by atoms with E-state index in [0.717, 1.165) is 44.4 Å². The molecule has 1 fully saturated rings. The first-order valence-electron chi connectivity index (χ1n) is 17.8. The van der Waals surface area contributed by atoms with Gasteiger partial charge in [0.2, 0.25) is 11.7 Å². The van der Waals surface area contributed by atoms with E-state index in [0.29, 0.717) is 42.2 Å². The van der Waals surface area contributed by atoms with E-state index in [2.05, 4.69) is 29.2 Å². The number of carbonyl (C=O) groups is 3.